The number of hydrogen-bond donors (Lipinski definition) is 2. The number of hydrogen-bond acceptors (Lipinski definition) is 4. The van der Waals surface area contributed by atoms with Crippen molar-refractivity contribution in [1.82, 2.24) is 15.3 Å². The van der Waals surface area contributed by atoms with Crippen LogP contribution in [-0.2, 0) is 12.0 Å². The number of amidine groups is 1. The molecule has 0 saturated heterocycles. The van der Waals surface area contributed by atoms with Crippen molar-refractivity contribution in [2.24, 2.45) is 4.99 Å². The number of H-pyrrole nitrogens is 1. The van der Waals surface area contributed by atoms with Crippen molar-refractivity contribution in [3.63, 3.8) is 0 Å². The van der Waals surface area contributed by atoms with Gasteiger partial charge in [0.05, 0.1) is 6.04 Å². The first kappa shape index (κ1) is 19.0. The number of nitrogens with one attached hydrogen (secondary N) is 2. The van der Waals surface area contributed by atoms with E-state index in [2.05, 4.69) is 15.3 Å². The van der Waals surface area contributed by atoms with E-state index < -0.39 is 11.5 Å². The Morgan fingerprint density at radius 2 is 1.83 bits per heavy atom. The molecule has 4 rings (SSSR count). The van der Waals surface area contributed by atoms with Gasteiger partial charge >= 0.3 is 0 Å². The minimum absolute atomic E-state index is 0.129. The third-order valence-electron chi connectivity index (χ3n) is 5.38. The second-order valence-electron chi connectivity index (χ2n) is 7.06. The van der Waals surface area contributed by atoms with Crippen molar-refractivity contribution in [1.29, 1.82) is 0 Å². The van der Waals surface area contributed by atoms with Crippen LogP contribution in [0.1, 0.15) is 36.1 Å². The number of pyridine rings is 2. The van der Waals surface area contributed by atoms with Gasteiger partial charge in [0.1, 0.15) is 17.2 Å². The Kier molecular flexibility index (Phi) is 4.74. The molecule has 0 spiro atoms. The first-order valence-electron chi connectivity index (χ1n) is 9.40. The number of nitrogens with zero attached hydrogens (tertiary/aromatic N) is 2. The van der Waals surface area contributed by atoms with E-state index in [9.17, 15) is 13.6 Å². The number of halogens is 2. The number of aliphatic imine (C=N–C) groups is 1. The Morgan fingerprint density at radius 1 is 1.10 bits per heavy atom. The lowest BCUT2D eigenvalue weighted by molar-refractivity contribution is 0.430. The molecule has 0 unspecified atom stereocenters. The van der Waals surface area contributed by atoms with Crippen LogP contribution in [0.25, 0.3) is 0 Å². The molecule has 3 heterocycles. The zero-order valence-corrected chi connectivity index (χ0v) is 16.0. The van der Waals surface area contributed by atoms with Gasteiger partial charge in [-0.1, -0.05) is 25.1 Å². The number of aromatic nitrogens is 2. The van der Waals surface area contributed by atoms with Gasteiger partial charge < -0.3 is 10.3 Å². The van der Waals surface area contributed by atoms with Crippen LogP contribution in [0.5, 0.6) is 0 Å². The quantitative estimate of drug-likeness (QED) is 0.667. The normalized spacial score (nSPS) is 21.0. The fraction of sp³-hybridized carbons (Fsp3) is 0.227. The van der Waals surface area contributed by atoms with Crippen LogP contribution in [0.4, 0.5) is 8.78 Å². The fourth-order valence-corrected chi connectivity index (χ4v) is 3.81. The molecule has 0 saturated carbocycles. The van der Waals surface area contributed by atoms with E-state index in [-0.39, 0.29) is 17.4 Å². The van der Waals surface area contributed by atoms with E-state index in [1.54, 1.807) is 30.5 Å². The maximum absolute atomic E-state index is 13.6. The Morgan fingerprint density at radius 3 is 2.48 bits per heavy atom. The maximum atomic E-state index is 13.6. The van der Waals surface area contributed by atoms with Gasteiger partial charge in [-0.3, -0.25) is 9.79 Å². The molecule has 2 atom stereocenters. The highest BCUT2D eigenvalue weighted by Crippen LogP contribution is 2.38. The molecule has 7 heteroatoms. The lowest BCUT2D eigenvalue weighted by Gasteiger charge is -2.34. The molecule has 2 aromatic heterocycles. The molecule has 0 aliphatic carbocycles. The van der Waals surface area contributed by atoms with E-state index in [1.807, 2.05) is 13.8 Å². The molecule has 5 nitrogen and oxygen atoms in total. The molecule has 0 fully saturated rings. The average Bonchev–Trinajstić information content (AvgIpc) is 3.07. The van der Waals surface area contributed by atoms with E-state index in [0.717, 1.165) is 11.1 Å². The minimum Gasteiger partial charge on any atom is -0.354 e. The SMILES string of the molecule is CCc1cc(C2=N[C@@H](C)[C@@](c3ccc(F)cc3)(c3ccc(F)nc3)N2)c[nH]c1=O. The fourth-order valence-electron chi connectivity index (χ4n) is 3.81. The molecule has 1 aliphatic heterocycles. The van der Waals surface area contributed by atoms with Crippen molar-refractivity contribution >= 4 is 5.84 Å². The van der Waals surface area contributed by atoms with Gasteiger partial charge in [0.2, 0.25) is 5.95 Å². The second-order valence-corrected chi connectivity index (χ2v) is 7.06. The highest BCUT2D eigenvalue weighted by molar-refractivity contribution is 6.01. The maximum Gasteiger partial charge on any atom is 0.251 e. The number of benzene rings is 1. The van der Waals surface area contributed by atoms with Gasteiger partial charge in [0.15, 0.2) is 0 Å². The van der Waals surface area contributed by atoms with Crippen molar-refractivity contribution in [3.8, 4) is 0 Å². The van der Waals surface area contributed by atoms with E-state index in [4.69, 9.17) is 4.99 Å². The summed E-state index contributed by atoms with van der Waals surface area (Å²) in [6, 6.07) is 10.6. The zero-order chi connectivity index (χ0) is 20.6. The predicted molar refractivity (Wildman–Crippen MR) is 107 cm³/mol. The van der Waals surface area contributed by atoms with Crippen LogP contribution in [0.15, 0.2) is 64.6 Å². The summed E-state index contributed by atoms with van der Waals surface area (Å²) in [6.45, 7) is 3.84. The topological polar surface area (TPSA) is 70.1 Å². The highest BCUT2D eigenvalue weighted by Gasteiger charge is 2.45. The Balaban J connectivity index is 1.84. The molecule has 0 radical (unpaired) electrons. The summed E-state index contributed by atoms with van der Waals surface area (Å²) in [7, 11) is 0. The Hall–Kier alpha value is -3.35. The van der Waals surface area contributed by atoms with Crippen LogP contribution in [-0.4, -0.2) is 21.8 Å². The average molecular weight is 394 g/mol. The predicted octanol–water partition coefficient (Wildman–Crippen LogP) is 3.29. The van der Waals surface area contributed by atoms with Gasteiger partial charge in [-0.25, -0.2) is 9.37 Å². The van der Waals surface area contributed by atoms with Crippen molar-refractivity contribution in [2.45, 2.75) is 31.8 Å². The lowest BCUT2D eigenvalue weighted by atomic mass is 9.79. The number of aryl methyl sites for hydroxylation is 1. The summed E-state index contributed by atoms with van der Waals surface area (Å²) in [5.41, 5.74) is 1.90. The summed E-state index contributed by atoms with van der Waals surface area (Å²) >= 11 is 0. The number of rotatable bonds is 4. The van der Waals surface area contributed by atoms with Crippen LogP contribution in [0.2, 0.25) is 0 Å². The summed E-state index contributed by atoms with van der Waals surface area (Å²) in [5, 5.41) is 3.46. The smallest absolute Gasteiger partial charge is 0.251 e. The van der Waals surface area contributed by atoms with Gasteiger partial charge in [-0.05, 0) is 43.2 Å². The molecule has 1 aromatic carbocycles. The van der Waals surface area contributed by atoms with Crippen molar-refractivity contribution in [2.75, 3.05) is 0 Å². The Labute approximate surface area is 166 Å². The van der Waals surface area contributed by atoms with E-state index in [1.165, 1.54) is 24.4 Å². The molecular formula is C22H20F2N4O. The summed E-state index contributed by atoms with van der Waals surface area (Å²) in [6.07, 6.45) is 3.67. The molecule has 0 bridgehead atoms. The lowest BCUT2D eigenvalue weighted by Crippen LogP contribution is -2.48. The highest BCUT2D eigenvalue weighted by atomic mass is 19.1. The molecular weight excluding hydrogens is 374 g/mol. The first-order valence-corrected chi connectivity index (χ1v) is 9.40. The second kappa shape index (κ2) is 7.24. The standard InChI is InChI=1S/C22H20F2N4O/c1-3-14-10-15(11-26-21(14)29)20-27-13(2)22(28-20,16-4-7-18(23)8-5-16)17-6-9-19(24)25-12-17/h4-13H,3H2,1-2H3,(H,26,29)(H,27,28)/t13-,22+/m0/s1. The molecule has 0 amide bonds. The summed E-state index contributed by atoms with van der Waals surface area (Å²) < 4.78 is 27.0. The van der Waals surface area contributed by atoms with Crippen LogP contribution >= 0.6 is 0 Å². The molecule has 148 valence electrons. The van der Waals surface area contributed by atoms with E-state index in [0.29, 0.717) is 23.4 Å². The molecule has 3 aromatic rings. The van der Waals surface area contributed by atoms with Crippen molar-refractivity contribution in [3.05, 3.63) is 99.2 Å². The van der Waals surface area contributed by atoms with Crippen LogP contribution < -0.4 is 10.9 Å². The largest absolute Gasteiger partial charge is 0.354 e. The first-order chi connectivity index (χ1) is 13.9. The molecule has 1 aliphatic rings. The van der Waals surface area contributed by atoms with Crippen molar-refractivity contribution < 1.29 is 8.78 Å². The summed E-state index contributed by atoms with van der Waals surface area (Å²) in [4.78, 5) is 23.3. The van der Waals surface area contributed by atoms with Gasteiger partial charge in [0.25, 0.3) is 5.56 Å². The third kappa shape index (κ3) is 3.22. The van der Waals surface area contributed by atoms with Gasteiger partial charge in [-0.2, -0.15) is 4.39 Å². The molecule has 29 heavy (non-hydrogen) atoms. The van der Waals surface area contributed by atoms with E-state index >= 15 is 0 Å². The third-order valence-corrected chi connectivity index (χ3v) is 5.38. The zero-order valence-electron chi connectivity index (χ0n) is 16.0. The molecule has 2 N–H and O–H groups in total. The van der Waals surface area contributed by atoms with Gasteiger partial charge in [0, 0.05) is 29.1 Å². The monoisotopic (exact) mass is 394 g/mol. The number of aromatic amines is 1. The summed E-state index contributed by atoms with van der Waals surface area (Å²) in [5.74, 6) is -0.332. The van der Waals surface area contributed by atoms with Gasteiger partial charge in [-0.15, -0.1) is 0 Å². The minimum atomic E-state index is -0.855. The Bertz CT molecular complexity index is 1080. The van der Waals surface area contributed by atoms with Crippen LogP contribution in [0.3, 0.4) is 0 Å². The van der Waals surface area contributed by atoms with Crippen LogP contribution in [0, 0.1) is 11.8 Å².